The van der Waals surface area contributed by atoms with E-state index in [1.807, 2.05) is 13.1 Å². The van der Waals surface area contributed by atoms with Crippen molar-refractivity contribution < 1.29 is 4.39 Å². The molecule has 88 valence electrons. The van der Waals surface area contributed by atoms with Crippen LogP contribution in [-0.4, -0.2) is 13.6 Å². The fraction of sp³-hybridized carbons (Fsp3) is 0.571. The molecule has 0 fully saturated rings. The number of rotatable bonds is 3. The Balaban J connectivity index is 2.09. The largest absolute Gasteiger partial charge is 0.319 e. The summed E-state index contributed by atoms with van der Waals surface area (Å²) in [5.74, 6) is 1.34. The van der Waals surface area contributed by atoms with Crippen LogP contribution in [0.4, 0.5) is 4.39 Å². The molecule has 2 unspecified atom stereocenters. The van der Waals surface area contributed by atoms with Crippen molar-refractivity contribution >= 4 is 0 Å². The second-order valence-electron chi connectivity index (χ2n) is 4.95. The van der Waals surface area contributed by atoms with E-state index in [1.165, 1.54) is 17.5 Å². The van der Waals surface area contributed by atoms with E-state index >= 15 is 0 Å². The molecule has 1 aromatic carbocycles. The van der Waals surface area contributed by atoms with Crippen molar-refractivity contribution in [1.82, 2.24) is 5.32 Å². The van der Waals surface area contributed by atoms with E-state index in [2.05, 4.69) is 12.2 Å². The minimum absolute atomic E-state index is 0.0968. The number of hydrogen-bond acceptors (Lipinski definition) is 1. The maximum absolute atomic E-state index is 13.1. The smallest absolute Gasteiger partial charge is 0.123 e. The molecule has 0 saturated carbocycles. The van der Waals surface area contributed by atoms with Gasteiger partial charge in [0.2, 0.25) is 0 Å². The van der Waals surface area contributed by atoms with Gasteiger partial charge in [-0.25, -0.2) is 4.39 Å². The van der Waals surface area contributed by atoms with Crippen molar-refractivity contribution in [2.24, 2.45) is 11.8 Å². The van der Waals surface area contributed by atoms with Crippen molar-refractivity contribution in [3.63, 3.8) is 0 Å². The van der Waals surface area contributed by atoms with E-state index in [9.17, 15) is 4.39 Å². The summed E-state index contributed by atoms with van der Waals surface area (Å²) >= 11 is 0. The van der Waals surface area contributed by atoms with Crippen LogP contribution >= 0.6 is 0 Å². The molecular weight excluding hydrogens is 201 g/mol. The highest BCUT2D eigenvalue weighted by atomic mass is 19.1. The molecule has 0 spiro atoms. The van der Waals surface area contributed by atoms with Gasteiger partial charge in [-0.2, -0.15) is 0 Å². The molecule has 0 aliphatic heterocycles. The number of hydrogen-bond donors (Lipinski definition) is 1. The predicted molar refractivity (Wildman–Crippen MR) is 65.0 cm³/mol. The third kappa shape index (κ3) is 2.43. The van der Waals surface area contributed by atoms with Gasteiger partial charge in [-0.15, -0.1) is 0 Å². The standard InChI is InChI=1S/C14H20FN/c1-10(9-16-2)11-3-4-13-8-14(15)6-5-12(13)7-11/h5-6,8,10-11,16H,3-4,7,9H2,1-2H3. The highest BCUT2D eigenvalue weighted by molar-refractivity contribution is 5.30. The Hall–Kier alpha value is -0.890. The summed E-state index contributed by atoms with van der Waals surface area (Å²) in [4.78, 5) is 0. The zero-order valence-electron chi connectivity index (χ0n) is 10.1. The van der Waals surface area contributed by atoms with Crippen molar-refractivity contribution in [3.05, 3.63) is 35.1 Å². The van der Waals surface area contributed by atoms with Crippen LogP contribution < -0.4 is 5.32 Å². The maximum Gasteiger partial charge on any atom is 0.123 e. The van der Waals surface area contributed by atoms with Gasteiger partial charge in [-0.1, -0.05) is 13.0 Å². The molecule has 0 aromatic heterocycles. The van der Waals surface area contributed by atoms with Gasteiger partial charge in [-0.05, 0) is 68.0 Å². The summed E-state index contributed by atoms with van der Waals surface area (Å²) in [6.45, 7) is 3.37. The van der Waals surface area contributed by atoms with Gasteiger partial charge < -0.3 is 5.32 Å². The van der Waals surface area contributed by atoms with Crippen molar-refractivity contribution in [1.29, 1.82) is 0 Å². The molecule has 0 heterocycles. The van der Waals surface area contributed by atoms with Gasteiger partial charge in [0.1, 0.15) is 5.82 Å². The summed E-state index contributed by atoms with van der Waals surface area (Å²) in [6, 6.07) is 5.25. The lowest BCUT2D eigenvalue weighted by molar-refractivity contribution is 0.314. The molecule has 0 radical (unpaired) electrons. The Morgan fingerprint density at radius 3 is 3.00 bits per heavy atom. The van der Waals surface area contributed by atoms with Crippen LogP contribution in [-0.2, 0) is 12.8 Å². The molecule has 2 heteroatoms. The predicted octanol–water partition coefficient (Wildman–Crippen LogP) is 2.79. The minimum Gasteiger partial charge on any atom is -0.319 e. The van der Waals surface area contributed by atoms with Crippen LogP contribution in [0.25, 0.3) is 0 Å². The lowest BCUT2D eigenvalue weighted by Crippen LogP contribution is -2.27. The number of nitrogens with one attached hydrogen (secondary N) is 1. The summed E-state index contributed by atoms with van der Waals surface area (Å²) < 4.78 is 13.1. The van der Waals surface area contributed by atoms with Crippen LogP contribution in [0.1, 0.15) is 24.5 Å². The number of aryl methyl sites for hydroxylation is 1. The Kier molecular flexibility index (Phi) is 3.59. The molecule has 1 aromatic rings. The number of benzene rings is 1. The average Bonchev–Trinajstić information content (AvgIpc) is 2.28. The third-order valence-corrected chi connectivity index (χ3v) is 3.77. The Labute approximate surface area is 97.1 Å². The second kappa shape index (κ2) is 4.96. The molecule has 1 nitrogen and oxygen atoms in total. The first-order valence-electron chi connectivity index (χ1n) is 6.12. The molecule has 16 heavy (non-hydrogen) atoms. The van der Waals surface area contributed by atoms with Gasteiger partial charge in [0, 0.05) is 0 Å². The van der Waals surface area contributed by atoms with E-state index in [0.717, 1.165) is 25.3 Å². The SMILES string of the molecule is CNCC(C)C1CCc2cc(F)ccc2C1. The monoisotopic (exact) mass is 221 g/mol. The molecule has 0 amide bonds. The zero-order chi connectivity index (χ0) is 11.5. The molecular formula is C14H20FN. The van der Waals surface area contributed by atoms with E-state index in [-0.39, 0.29) is 5.82 Å². The Bertz CT molecular complexity index is 362. The quantitative estimate of drug-likeness (QED) is 0.827. The highest BCUT2D eigenvalue weighted by Gasteiger charge is 2.23. The van der Waals surface area contributed by atoms with Crippen LogP contribution in [0.3, 0.4) is 0 Å². The zero-order valence-corrected chi connectivity index (χ0v) is 10.1. The molecule has 0 saturated heterocycles. The van der Waals surface area contributed by atoms with Gasteiger partial charge in [0.25, 0.3) is 0 Å². The summed E-state index contributed by atoms with van der Waals surface area (Å²) in [6.07, 6.45) is 3.34. The van der Waals surface area contributed by atoms with E-state index in [0.29, 0.717) is 5.92 Å². The van der Waals surface area contributed by atoms with Crippen LogP contribution in [0, 0.1) is 17.7 Å². The van der Waals surface area contributed by atoms with Gasteiger partial charge >= 0.3 is 0 Å². The van der Waals surface area contributed by atoms with E-state index < -0.39 is 0 Å². The normalized spacial score (nSPS) is 21.6. The molecule has 1 aliphatic rings. The van der Waals surface area contributed by atoms with Crippen LogP contribution in [0.5, 0.6) is 0 Å². The minimum atomic E-state index is -0.0968. The lowest BCUT2D eigenvalue weighted by atomic mass is 9.77. The van der Waals surface area contributed by atoms with Crippen LogP contribution in [0.15, 0.2) is 18.2 Å². The number of fused-ring (bicyclic) bond motifs is 1. The van der Waals surface area contributed by atoms with Gasteiger partial charge in [0.05, 0.1) is 0 Å². The fourth-order valence-corrected chi connectivity index (χ4v) is 2.73. The number of halogens is 1. The van der Waals surface area contributed by atoms with Gasteiger partial charge in [0.15, 0.2) is 0 Å². The third-order valence-electron chi connectivity index (χ3n) is 3.77. The maximum atomic E-state index is 13.1. The Morgan fingerprint density at radius 2 is 2.25 bits per heavy atom. The van der Waals surface area contributed by atoms with Crippen molar-refractivity contribution in [2.45, 2.75) is 26.2 Å². The van der Waals surface area contributed by atoms with E-state index in [4.69, 9.17) is 0 Å². The van der Waals surface area contributed by atoms with E-state index in [1.54, 1.807) is 12.1 Å². The lowest BCUT2D eigenvalue weighted by Gasteiger charge is -2.29. The van der Waals surface area contributed by atoms with Gasteiger partial charge in [-0.3, -0.25) is 0 Å². The first-order chi connectivity index (χ1) is 7.70. The second-order valence-corrected chi connectivity index (χ2v) is 4.95. The molecule has 2 rings (SSSR count). The highest BCUT2D eigenvalue weighted by Crippen LogP contribution is 2.30. The molecule has 2 atom stereocenters. The molecule has 1 N–H and O–H groups in total. The Morgan fingerprint density at radius 1 is 1.44 bits per heavy atom. The summed E-state index contributed by atoms with van der Waals surface area (Å²) in [5.41, 5.74) is 2.56. The van der Waals surface area contributed by atoms with Crippen molar-refractivity contribution in [3.8, 4) is 0 Å². The topological polar surface area (TPSA) is 12.0 Å². The summed E-state index contributed by atoms with van der Waals surface area (Å²) in [7, 11) is 2.00. The fourth-order valence-electron chi connectivity index (χ4n) is 2.73. The van der Waals surface area contributed by atoms with Crippen molar-refractivity contribution in [2.75, 3.05) is 13.6 Å². The first kappa shape index (κ1) is 11.6. The average molecular weight is 221 g/mol. The first-order valence-corrected chi connectivity index (χ1v) is 6.12. The van der Waals surface area contributed by atoms with Crippen LogP contribution in [0.2, 0.25) is 0 Å². The summed E-state index contributed by atoms with van der Waals surface area (Å²) in [5, 5.41) is 3.24. The molecule has 0 bridgehead atoms. The molecule has 1 aliphatic carbocycles.